The molecule has 0 aliphatic rings. The molecule has 1 N–H and O–H groups in total. The summed E-state index contributed by atoms with van der Waals surface area (Å²) in [6.07, 6.45) is 0. The van der Waals surface area contributed by atoms with Crippen molar-refractivity contribution in [3.8, 4) is 5.88 Å². The molecular formula is C17H21N3O3. The van der Waals surface area contributed by atoms with E-state index in [1.165, 1.54) is 0 Å². The van der Waals surface area contributed by atoms with Crippen molar-refractivity contribution in [2.45, 2.75) is 20.5 Å². The SMILES string of the molecule is Cc1cc(OCc2ccccc2)nc(N(C)CC(C)C(=O)O)n1. The summed E-state index contributed by atoms with van der Waals surface area (Å²) < 4.78 is 5.72. The van der Waals surface area contributed by atoms with Gasteiger partial charge in [0.05, 0.1) is 5.92 Å². The van der Waals surface area contributed by atoms with Gasteiger partial charge >= 0.3 is 5.97 Å². The van der Waals surface area contributed by atoms with Crippen LogP contribution in [0.4, 0.5) is 5.95 Å². The number of carbonyl (C=O) groups is 1. The number of carboxylic acids is 1. The fraction of sp³-hybridized carbons (Fsp3) is 0.353. The van der Waals surface area contributed by atoms with E-state index in [4.69, 9.17) is 9.84 Å². The highest BCUT2D eigenvalue weighted by Gasteiger charge is 2.16. The Morgan fingerprint density at radius 3 is 2.65 bits per heavy atom. The predicted octanol–water partition coefficient (Wildman–Crippen LogP) is 2.52. The minimum Gasteiger partial charge on any atom is -0.481 e. The van der Waals surface area contributed by atoms with Crippen LogP contribution in [0.15, 0.2) is 36.4 Å². The molecule has 0 saturated heterocycles. The number of rotatable bonds is 7. The second-order valence-corrected chi connectivity index (χ2v) is 5.54. The van der Waals surface area contributed by atoms with Crippen molar-refractivity contribution in [2.24, 2.45) is 5.92 Å². The van der Waals surface area contributed by atoms with Gasteiger partial charge < -0.3 is 14.7 Å². The Morgan fingerprint density at radius 1 is 1.30 bits per heavy atom. The van der Waals surface area contributed by atoms with Gasteiger partial charge in [0, 0.05) is 25.4 Å². The molecule has 1 heterocycles. The summed E-state index contributed by atoms with van der Waals surface area (Å²) in [4.78, 5) is 21.4. The number of benzene rings is 1. The number of aliphatic carboxylic acids is 1. The zero-order valence-corrected chi connectivity index (χ0v) is 13.6. The molecular weight excluding hydrogens is 294 g/mol. The molecule has 23 heavy (non-hydrogen) atoms. The van der Waals surface area contributed by atoms with Crippen molar-refractivity contribution < 1.29 is 14.6 Å². The molecule has 0 aliphatic carbocycles. The first-order chi connectivity index (χ1) is 11.0. The summed E-state index contributed by atoms with van der Waals surface area (Å²) in [5.74, 6) is -0.407. The summed E-state index contributed by atoms with van der Waals surface area (Å²) in [7, 11) is 1.77. The quantitative estimate of drug-likeness (QED) is 0.846. The molecule has 2 aromatic rings. The molecule has 1 aromatic carbocycles. The molecule has 1 aromatic heterocycles. The van der Waals surface area contributed by atoms with Crippen LogP contribution in [0.25, 0.3) is 0 Å². The highest BCUT2D eigenvalue weighted by molar-refractivity contribution is 5.70. The fourth-order valence-electron chi connectivity index (χ4n) is 2.07. The molecule has 0 amide bonds. The van der Waals surface area contributed by atoms with Crippen LogP contribution in [0, 0.1) is 12.8 Å². The van der Waals surface area contributed by atoms with E-state index in [9.17, 15) is 4.79 Å². The summed E-state index contributed by atoms with van der Waals surface area (Å²) in [5.41, 5.74) is 1.83. The number of carboxylic acid groups (broad SMARTS) is 1. The van der Waals surface area contributed by atoms with Crippen LogP contribution < -0.4 is 9.64 Å². The van der Waals surface area contributed by atoms with Crippen molar-refractivity contribution in [3.63, 3.8) is 0 Å². The maximum absolute atomic E-state index is 11.0. The molecule has 122 valence electrons. The molecule has 6 heteroatoms. The topological polar surface area (TPSA) is 75.5 Å². The number of hydrogen-bond donors (Lipinski definition) is 1. The third kappa shape index (κ3) is 4.95. The van der Waals surface area contributed by atoms with E-state index in [0.29, 0.717) is 25.0 Å². The van der Waals surface area contributed by atoms with Crippen LogP contribution in [-0.4, -0.2) is 34.6 Å². The molecule has 0 spiro atoms. The fourth-order valence-corrected chi connectivity index (χ4v) is 2.07. The van der Waals surface area contributed by atoms with Crippen LogP contribution >= 0.6 is 0 Å². The molecule has 6 nitrogen and oxygen atoms in total. The Labute approximate surface area is 135 Å². The van der Waals surface area contributed by atoms with Crippen molar-refractivity contribution in [2.75, 3.05) is 18.5 Å². The zero-order valence-electron chi connectivity index (χ0n) is 13.6. The van der Waals surface area contributed by atoms with Gasteiger partial charge in [-0.2, -0.15) is 4.98 Å². The number of ether oxygens (including phenoxy) is 1. The normalized spacial score (nSPS) is 11.8. The van der Waals surface area contributed by atoms with E-state index in [-0.39, 0.29) is 0 Å². The molecule has 0 radical (unpaired) electrons. The molecule has 0 aliphatic heterocycles. The maximum Gasteiger partial charge on any atom is 0.308 e. The number of hydrogen-bond acceptors (Lipinski definition) is 5. The first-order valence-electron chi connectivity index (χ1n) is 7.42. The highest BCUT2D eigenvalue weighted by Crippen LogP contribution is 2.17. The first kappa shape index (κ1) is 16.7. The van der Waals surface area contributed by atoms with Gasteiger partial charge in [-0.25, -0.2) is 4.98 Å². The number of aryl methyl sites for hydroxylation is 1. The molecule has 0 saturated carbocycles. The minimum absolute atomic E-state index is 0.330. The maximum atomic E-state index is 11.0. The predicted molar refractivity (Wildman–Crippen MR) is 87.6 cm³/mol. The number of anilines is 1. The van der Waals surface area contributed by atoms with Gasteiger partial charge in [0.1, 0.15) is 6.61 Å². The monoisotopic (exact) mass is 315 g/mol. The standard InChI is InChI=1S/C17H21N3O3/c1-12(16(21)22)10-20(3)17-18-13(2)9-15(19-17)23-11-14-7-5-4-6-8-14/h4-9,12H,10-11H2,1-3H3,(H,21,22). The number of aromatic nitrogens is 2. The average Bonchev–Trinajstić information content (AvgIpc) is 2.53. The second kappa shape index (κ2) is 7.58. The van der Waals surface area contributed by atoms with Gasteiger partial charge in [0.15, 0.2) is 0 Å². The summed E-state index contributed by atoms with van der Waals surface area (Å²) in [6, 6.07) is 11.6. The van der Waals surface area contributed by atoms with Crippen LogP contribution in [0.1, 0.15) is 18.2 Å². The first-order valence-corrected chi connectivity index (χ1v) is 7.42. The van der Waals surface area contributed by atoms with Crippen molar-refractivity contribution in [3.05, 3.63) is 47.7 Å². The van der Waals surface area contributed by atoms with Gasteiger partial charge in [-0.15, -0.1) is 0 Å². The third-order valence-electron chi connectivity index (χ3n) is 3.36. The van der Waals surface area contributed by atoms with Gasteiger partial charge in [-0.05, 0) is 12.5 Å². The van der Waals surface area contributed by atoms with Gasteiger partial charge in [-0.3, -0.25) is 4.79 Å². The molecule has 0 fully saturated rings. The Bertz CT molecular complexity index is 661. The Kier molecular flexibility index (Phi) is 5.51. The Morgan fingerprint density at radius 2 is 2.00 bits per heavy atom. The van der Waals surface area contributed by atoms with Crippen molar-refractivity contribution >= 4 is 11.9 Å². The molecule has 1 atom stereocenters. The largest absolute Gasteiger partial charge is 0.481 e. The van der Waals surface area contributed by atoms with Gasteiger partial charge in [0.25, 0.3) is 0 Å². The summed E-state index contributed by atoms with van der Waals surface area (Å²) in [6.45, 7) is 4.26. The van der Waals surface area contributed by atoms with Crippen LogP contribution in [0.3, 0.4) is 0 Å². The van der Waals surface area contributed by atoms with Crippen LogP contribution in [-0.2, 0) is 11.4 Å². The third-order valence-corrected chi connectivity index (χ3v) is 3.36. The highest BCUT2D eigenvalue weighted by atomic mass is 16.5. The second-order valence-electron chi connectivity index (χ2n) is 5.54. The Balaban J connectivity index is 2.07. The lowest BCUT2D eigenvalue weighted by molar-refractivity contribution is -0.140. The van der Waals surface area contributed by atoms with Crippen LogP contribution in [0.2, 0.25) is 0 Å². The van der Waals surface area contributed by atoms with Crippen molar-refractivity contribution in [1.29, 1.82) is 0 Å². The van der Waals surface area contributed by atoms with Crippen LogP contribution in [0.5, 0.6) is 5.88 Å². The lowest BCUT2D eigenvalue weighted by Crippen LogP contribution is -2.29. The number of nitrogens with zero attached hydrogens (tertiary/aromatic N) is 3. The lowest BCUT2D eigenvalue weighted by atomic mass is 10.2. The molecule has 1 unspecified atom stereocenters. The van der Waals surface area contributed by atoms with E-state index < -0.39 is 11.9 Å². The zero-order chi connectivity index (χ0) is 16.8. The van der Waals surface area contributed by atoms with E-state index in [1.54, 1.807) is 24.9 Å². The van der Waals surface area contributed by atoms with Gasteiger partial charge in [-0.1, -0.05) is 37.3 Å². The average molecular weight is 315 g/mol. The smallest absolute Gasteiger partial charge is 0.308 e. The van der Waals surface area contributed by atoms with E-state index >= 15 is 0 Å². The van der Waals surface area contributed by atoms with Crippen molar-refractivity contribution in [1.82, 2.24) is 9.97 Å². The van der Waals surface area contributed by atoms with E-state index in [2.05, 4.69) is 9.97 Å². The van der Waals surface area contributed by atoms with Gasteiger partial charge in [0.2, 0.25) is 11.8 Å². The summed E-state index contributed by atoms with van der Waals surface area (Å²) >= 11 is 0. The Hall–Kier alpha value is -2.63. The molecule has 0 bridgehead atoms. The van der Waals surface area contributed by atoms with E-state index in [0.717, 1.165) is 11.3 Å². The minimum atomic E-state index is -0.843. The molecule has 2 rings (SSSR count). The summed E-state index contributed by atoms with van der Waals surface area (Å²) in [5, 5.41) is 9.01. The lowest BCUT2D eigenvalue weighted by Gasteiger charge is -2.20. The van der Waals surface area contributed by atoms with E-state index in [1.807, 2.05) is 37.3 Å².